The van der Waals surface area contributed by atoms with Crippen molar-refractivity contribution in [3.05, 3.63) is 39.9 Å². The lowest BCUT2D eigenvalue weighted by atomic mass is 9.96. The van der Waals surface area contributed by atoms with Crippen LogP contribution in [0.2, 0.25) is 0 Å². The number of hydrogen-bond acceptors (Lipinski definition) is 5. The Hall–Kier alpha value is -2.48. The molecule has 0 radical (unpaired) electrons. The molecule has 1 saturated heterocycles. The third-order valence-electron chi connectivity index (χ3n) is 4.31. The van der Waals surface area contributed by atoms with Gasteiger partial charge in [0.05, 0.1) is 4.92 Å². The normalized spacial score (nSPS) is 18.2. The first kappa shape index (κ1) is 18.9. The Labute approximate surface area is 146 Å². The predicted octanol–water partition coefficient (Wildman–Crippen LogP) is 1.22. The number of hydrogen-bond donors (Lipinski definition) is 3. The summed E-state index contributed by atoms with van der Waals surface area (Å²) < 4.78 is 0. The van der Waals surface area contributed by atoms with Crippen molar-refractivity contribution in [3.8, 4) is 0 Å². The minimum atomic E-state index is -0.712. The fourth-order valence-electron chi connectivity index (χ4n) is 2.83. The molecule has 2 atom stereocenters. The summed E-state index contributed by atoms with van der Waals surface area (Å²) in [6.07, 6.45) is 3.24. The lowest BCUT2D eigenvalue weighted by Gasteiger charge is -2.23. The second-order valence-electron chi connectivity index (χ2n) is 6.29. The second-order valence-corrected chi connectivity index (χ2v) is 6.29. The molecule has 1 heterocycles. The van der Waals surface area contributed by atoms with E-state index in [0.717, 1.165) is 25.9 Å². The zero-order valence-electron chi connectivity index (χ0n) is 14.3. The first-order valence-electron chi connectivity index (χ1n) is 8.51. The number of amides is 2. The molecule has 1 aromatic carbocycles. The average molecular weight is 348 g/mol. The Bertz CT molecular complexity index is 629. The van der Waals surface area contributed by atoms with Gasteiger partial charge < -0.3 is 16.0 Å². The van der Waals surface area contributed by atoms with Crippen molar-refractivity contribution in [1.82, 2.24) is 16.0 Å². The van der Waals surface area contributed by atoms with Gasteiger partial charge in [-0.05, 0) is 51.3 Å². The molecule has 8 heteroatoms. The topological polar surface area (TPSA) is 113 Å². The number of carbonyl (C=O) groups excluding carboxylic acids is 2. The lowest BCUT2D eigenvalue weighted by Crippen LogP contribution is -2.45. The van der Waals surface area contributed by atoms with E-state index in [2.05, 4.69) is 16.0 Å². The Balaban J connectivity index is 1.78. The number of carbonyl (C=O) groups is 2. The van der Waals surface area contributed by atoms with Crippen molar-refractivity contribution >= 4 is 17.5 Å². The molecular weight excluding hydrogens is 324 g/mol. The fraction of sp³-hybridized carbons (Fsp3) is 0.529. The van der Waals surface area contributed by atoms with Crippen LogP contribution in [0.4, 0.5) is 5.69 Å². The van der Waals surface area contributed by atoms with E-state index in [1.165, 1.54) is 30.7 Å². The second kappa shape index (κ2) is 9.12. The largest absolute Gasteiger partial charge is 0.354 e. The fourth-order valence-corrected chi connectivity index (χ4v) is 2.83. The maximum absolute atomic E-state index is 12.1. The highest BCUT2D eigenvalue weighted by molar-refractivity contribution is 5.97. The summed E-state index contributed by atoms with van der Waals surface area (Å²) in [5, 5.41) is 19.5. The average Bonchev–Trinajstić information content (AvgIpc) is 2.62. The number of nitrogens with one attached hydrogen (secondary N) is 3. The van der Waals surface area contributed by atoms with Crippen LogP contribution in [0.3, 0.4) is 0 Å². The quantitative estimate of drug-likeness (QED) is 0.506. The van der Waals surface area contributed by atoms with E-state index in [4.69, 9.17) is 0 Å². The predicted molar refractivity (Wildman–Crippen MR) is 93.2 cm³/mol. The molecule has 0 bridgehead atoms. The Morgan fingerprint density at radius 3 is 2.92 bits per heavy atom. The van der Waals surface area contributed by atoms with Gasteiger partial charge in [-0.2, -0.15) is 0 Å². The van der Waals surface area contributed by atoms with Gasteiger partial charge in [-0.15, -0.1) is 0 Å². The number of piperidine rings is 1. The number of nitro benzene ring substituents is 1. The monoisotopic (exact) mass is 348 g/mol. The molecule has 3 N–H and O–H groups in total. The van der Waals surface area contributed by atoms with E-state index < -0.39 is 16.9 Å². The number of non-ortho nitro benzene ring substituents is 1. The first-order valence-corrected chi connectivity index (χ1v) is 8.51. The molecule has 1 aromatic rings. The smallest absolute Gasteiger partial charge is 0.270 e. The van der Waals surface area contributed by atoms with Gasteiger partial charge in [0.15, 0.2) is 0 Å². The van der Waals surface area contributed by atoms with Gasteiger partial charge in [-0.25, -0.2) is 0 Å². The first-order chi connectivity index (χ1) is 12.0. The van der Waals surface area contributed by atoms with Gasteiger partial charge in [-0.1, -0.05) is 6.07 Å². The molecule has 2 rings (SSSR count). The third-order valence-corrected chi connectivity index (χ3v) is 4.31. The molecule has 0 aliphatic carbocycles. The van der Waals surface area contributed by atoms with Crippen molar-refractivity contribution in [2.24, 2.45) is 5.92 Å². The molecule has 8 nitrogen and oxygen atoms in total. The number of rotatable bonds is 7. The van der Waals surface area contributed by atoms with Gasteiger partial charge in [0.2, 0.25) is 5.91 Å². The minimum Gasteiger partial charge on any atom is -0.354 e. The molecule has 136 valence electrons. The van der Waals surface area contributed by atoms with Crippen LogP contribution in [0, 0.1) is 16.0 Å². The summed E-state index contributed by atoms with van der Waals surface area (Å²) in [5.41, 5.74) is -0.00650. The Morgan fingerprint density at radius 2 is 2.24 bits per heavy atom. The molecule has 0 saturated carbocycles. The lowest BCUT2D eigenvalue weighted by molar-refractivity contribution is -0.384. The van der Waals surface area contributed by atoms with Gasteiger partial charge in [0.25, 0.3) is 11.6 Å². The highest BCUT2D eigenvalue weighted by Crippen LogP contribution is 2.14. The van der Waals surface area contributed by atoms with Crippen molar-refractivity contribution in [2.45, 2.75) is 32.2 Å². The summed E-state index contributed by atoms with van der Waals surface area (Å²) in [6, 6.07) is 4.71. The molecule has 2 unspecified atom stereocenters. The van der Waals surface area contributed by atoms with E-state index in [1.807, 2.05) is 0 Å². The molecule has 0 spiro atoms. The van der Waals surface area contributed by atoms with Crippen LogP contribution < -0.4 is 16.0 Å². The SMILES string of the molecule is CC(NC(=O)c1cccc([N+](=O)[O-])c1)C(=O)NCCC1CCCNC1. The van der Waals surface area contributed by atoms with Crippen molar-refractivity contribution < 1.29 is 14.5 Å². The van der Waals surface area contributed by atoms with Gasteiger partial charge in [-0.3, -0.25) is 19.7 Å². The van der Waals surface area contributed by atoms with Gasteiger partial charge >= 0.3 is 0 Å². The Kier molecular flexibility index (Phi) is 6.88. The standard InChI is InChI=1S/C17H24N4O4/c1-12(16(22)19-9-7-13-4-3-8-18-11-13)20-17(23)14-5-2-6-15(10-14)21(24)25/h2,5-6,10,12-13,18H,3-4,7-9,11H2,1H3,(H,19,22)(H,20,23). The summed E-state index contributed by atoms with van der Waals surface area (Å²) >= 11 is 0. The van der Waals surface area contributed by atoms with Crippen LogP contribution in [0.15, 0.2) is 24.3 Å². The van der Waals surface area contributed by atoms with E-state index in [9.17, 15) is 19.7 Å². The highest BCUT2D eigenvalue weighted by atomic mass is 16.6. The molecule has 0 aromatic heterocycles. The zero-order valence-corrected chi connectivity index (χ0v) is 14.3. The number of nitrogens with zero attached hydrogens (tertiary/aromatic N) is 1. The maximum atomic E-state index is 12.1. The van der Waals surface area contributed by atoms with Crippen LogP contribution in [0.5, 0.6) is 0 Å². The molecule has 1 aliphatic rings. The Morgan fingerprint density at radius 1 is 1.44 bits per heavy atom. The van der Waals surface area contributed by atoms with Crippen molar-refractivity contribution in [3.63, 3.8) is 0 Å². The molecular formula is C17H24N4O4. The van der Waals surface area contributed by atoms with Crippen LogP contribution in [-0.2, 0) is 4.79 Å². The van der Waals surface area contributed by atoms with Crippen LogP contribution in [0.25, 0.3) is 0 Å². The molecule has 1 aliphatic heterocycles. The summed E-state index contributed by atoms with van der Waals surface area (Å²) in [5.74, 6) is -0.200. The van der Waals surface area contributed by atoms with Crippen LogP contribution >= 0.6 is 0 Å². The van der Waals surface area contributed by atoms with E-state index in [-0.39, 0.29) is 17.2 Å². The van der Waals surface area contributed by atoms with Crippen LogP contribution in [0.1, 0.15) is 36.5 Å². The number of benzene rings is 1. The van der Waals surface area contributed by atoms with Crippen molar-refractivity contribution in [1.29, 1.82) is 0 Å². The van der Waals surface area contributed by atoms with E-state index in [1.54, 1.807) is 6.92 Å². The molecule has 1 fully saturated rings. The van der Waals surface area contributed by atoms with Crippen LogP contribution in [-0.4, -0.2) is 42.4 Å². The van der Waals surface area contributed by atoms with E-state index >= 15 is 0 Å². The minimum absolute atomic E-state index is 0.155. The third kappa shape index (κ3) is 5.82. The van der Waals surface area contributed by atoms with Gasteiger partial charge in [0, 0.05) is 24.2 Å². The maximum Gasteiger partial charge on any atom is 0.270 e. The highest BCUT2D eigenvalue weighted by Gasteiger charge is 2.19. The molecule has 2 amide bonds. The summed E-state index contributed by atoms with van der Waals surface area (Å²) in [6.45, 7) is 4.20. The summed E-state index contributed by atoms with van der Waals surface area (Å²) in [4.78, 5) is 34.4. The zero-order chi connectivity index (χ0) is 18.2. The van der Waals surface area contributed by atoms with E-state index in [0.29, 0.717) is 12.5 Å². The molecule has 25 heavy (non-hydrogen) atoms. The van der Waals surface area contributed by atoms with Gasteiger partial charge in [0.1, 0.15) is 6.04 Å². The number of nitro groups is 1. The summed E-state index contributed by atoms with van der Waals surface area (Å²) in [7, 11) is 0. The van der Waals surface area contributed by atoms with Crippen molar-refractivity contribution in [2.75, 3.05) is 19.6 Å².